The van der Waals surface area contributed by atoms with Gasteiger partial charge in [-0.25, -0.2) is 9.97 Å². The van der Waals surface area contributed by atoms with E-state index in [0.717, 1.165) is 15.7 Å². The van der Waals surface area contributed by atoms with E-state index in [0.29, 0.717) is 16.5 Å². The molecule has 0 saturated heterocycles. The van der Waals surface area contributed by atoms with Gasteiger partial charge in [0.15, 0.2) is 5.82 Å². The Labute approximate surface area is 128 Å². The van der Waals surface area contributed by atoms with Crippen molar-refractivity contribution in [2.45, 2.75) is 13.3 Å². The topological polar surface area (TPSA) is 68.9 Å². The predicted octanol–water partition coefficient (Wildman–Crippen LogP) is 3.87. The Bertz CT molecular complexity index is 649. The average molecular weight is 390 g/mol. The standard InChI is InChI=1S/C12H9ClIN3O2/c1-2-9-10(14)11(13)16-12(15-9)7-4-3-5-8(6-7)17(18)19/h3-6H,2H2,1H3. The highest BCUT2D eigenvalue weighted by Crippen LogP contribution is 2.26. The molecule has 19 heavy (non-hydrogen) atoms. The molecule has 0 bridgehead atoms. The quantitative estimate of drug-likeness (QED) is 0.346. The number of aromatic nitrogens is 2. The summed E-state index contributed by atoms with van der Waals surface area (Å²) in [4.78, 5) is 18.9. The molecule has 0 saturated carbocycles. The van der Waals surface area contributed by atoms with Gasteiger partial charge in [-0.15, -0.1) is 0 Å². The minimum absolute atomic E-state index is 0.00817. The number of non-ortho nitro benzene ring substituents is 1. The number of nitro benzene ring substituents is 1. The number of halogens is 2. The average Bonchev–Trinajstić information content (AvgIpc) is 2.41. The van der Waals surface area contributed by atoms with Crippen molar-refractivity contribution in [1.29, 1.82) is 0 Å². The van der Waals surface area contributed by atoms with Crippen LogP contribution in [0.3, 0.4) is 0 Å². The molecule has 2 aromatic rings. The highest BCUT2D eigenvalue weighted by molar-refractivity contribution is 14.1. The van der Waals surface area contributed by atoms with Gasteiger partial charge in [0.1, 0.15) is 5.15 Å². The van der Waals surface area contributed by atoms with Crippen LogP contribution in [0.1, 0.15) is 12.6 Å². The first-order chi connectivity index (χ1) is 9.02. The summed E-state index contributed by atoms with van der Waals surface area (Å²) in [6, 6.07) is 6.20. The van der Waals surface area contributed by atoms with Crippen LogP contribution in [0.4, 0.5) is 5.69 Å². The van der Waals surface area contributed by atoms with Crippen LogP contribution in [0, 0.1) is 13.7 Å². The molecule has 0 fully saturated rings. The lowest BCUT2D eigenvalue weighted by molar-refractivity contribution is -0.384. The van der Waals surface area contributed by atoms with E-state index in [1.54, 1.807) is 12.1 Å². The molecule has 0 unspecified atom stereocenters. The molecule has 1 aromatic carbocycles. The number of benzene rings is 1. The second-order valence-electron chi connectivity index (χ2n) is 3.76. The van der Waals surface area contributed by atoms with Gasteiger partial charge in [-0.1, -0.05) is 30.7 Å². The lowest BCUT2D eigenvalue weighted by atomic mass is 10.2. The Hall–Kier alpha value is -1.28. The maximum Gasteiger partial charge on any atom is 0.270 e. The zero-order chi connectivity index (χ0) is 14.0. The van der Waals surface area contributed by atoms with Gasteiger partial charge >= 0.3 is 0 Å². The number of rotatable bonds is 3. The molecule has 2 rings (SSSR count). The Morgan fingerprint density at radius 3 is 2.79 bits per heavy atom. The summed E-state index contributed by atoms with van der Waals surface area (Å²) < 4.78 is 0.816. The second-order valence-corrected chi connectivity index (χ2v) is 5.20. The summed E-state index contributed by atoms with van der Waals surface area (Å²) in [5.41, 5.74) is 1.43. The molecule has 0 spiro atoms. The zero-order valence-corrected chi connectivity index (χ0v) is 12.8. The molecule has 0 N–H and O–H groups in total. The largest absolute Gasteiger partial charge is 0.270 e. The van der Waals surface area contributed by atoms with Gasteiger partial charge in [0.25, 0.3) is 5.69 Å². The first-order valence-electron chi connectivity index (χ1n) is 5.49. The molecule has 5 nitrogen and oxygen atoms in total. The highest BCUT2D eigenvalue weighted by atomic mass is 127. The van der Waals surface area contributed by atoms with Crippen molar-refractivity contribution in [3.05, 3.63) is 48.8 Å². The van der Waals surface area contributed by atoms with Crippen LogP contribution >= 0.6 is 34.2 Å². The number of nitro groups is 1. The molecular weight excluding hydrogens is 381 g/mol. The molecule has 1 heterocycles. The molecular formula is C12H9ClIN3O2. The SMILES string of the molecule is CCc1nc(-c2cccc([N+](=O)[O-])c2)nc(Cl)c1I. The molecule has 0 atom stereocenters. The fourth-order valence-corrected chi connectivity index (χ4v) is 2.40. The third kappa shape index (κ3) is 3.01. The number of aryl methyl sites for hydroxylation is 1. The summed E-state index contributed by atoms with van der Waals surface area (Å²) in [6.45, 7) is 1.97. The lowest BCUT2D eigenvalue weighted by Gasteiger charge is -2.06. The van der Waals surface area contributed by atoms with E-state index in [1.165, 1.54) is 12.1 Å². The molecule has 0 aliphatic heterocycles. The lowest BCUT2D eigenvalue weighted by Crippen LogP contribution is -2.00. The fraction of sp³-hybridized carbons (Fsp3) is 0.167. The molecule has 0 aliphatic carbocycles. The van der Waals surface area contributed by atoms with E-state index in [1.807, 2.05) is 6.92 Å². The second kappa shape index (κ2) is 5.79. The maximum absolute atomic E-state index is 10.8. The van der Waals surface area contributed by atoms with E-state index in [2.05, 4.69) is 32.6 Å². The van der Waals surface area contributed by atoms with E-state index in [-0.39, 0.29) is 5.69 Å². The van der Waals surface area contributed by atoms with Gasteiger partial charge in [-0.2, -0.15) is 0 Å². The van der Waals surface area contributed by atoms with Crippen molar-refractivity contribution >= 4 is 39.9 Å². The maximum atomic E-state index is 10.8. The summed E-state index contributed by atoms with van der Waals surface area (Å²) in [5, 5.41) is 11.1. The van der Waals surface area contributed by atoms with Crippen LogP contribution in [0.5, 0.6) is 0 Å². The monoisotopic (exact) mass is 389 g/mol. The molecule has 0 amide bonds. The Morgan fingerprint density at radius 1 is 1.42 bits per heavy atom. The van der Waals surface area contributed by atoms with Crippen molar-refractivity contribution in [1.82, 2.24) is 9.97 Å². The highest BCUT2D eigenvalue weighted by Gasteiger charge is 2.13. The smallest absolute Gasteiger partial charge is 0.258 e. The van der Waals surface area contributed by atoms with Crippen molar-refractivity contribution < 1.29 is 4.92 Å². The molecule has 0 aliphatic rings. The first-order valence-corrected chi connectivity index (χ1v) is 6.95. The summed E-state index contributed by atoms with van der Waals surface area (Å²) in [5.74, 6) is 0.408. The van der Waals surface area contributed by atoms with E-state index < -0.39 is 4.92 Å². The fourth-order valence-electron chi connectivity index (χ4n) is 1.58. The van der Waals surface area contributed by atoms with Crippen LogP contribution < -0.4 is 0 Å². The normalized spacial score (nSPS) is 10.5. The van der Waals surface area contributed by atoms with Crippen LogP contribution in [0.15, 0.2) is 24.3 Å². The molecule has 7 heteroatoms. The summed E-state index contributed by atoms with van der Waals surface area (Å²) in [6.07, 6.45) is 0.725. The minimum Gasteiger partial charge on any atom is -0.258 e. The summed E-state index contributed by atoms with van der Waals surface area (Å²) >= 11 is 8.15. The van der Waals surface area contributed by atoms with Crippen molar-refractivity contribution in [2.24, 2.45) is 0 Å². The van der Waals surface area contributed by atoms with Crippen LogP contribution in [-0.2, 0) is 6.42 Å². The van der Waals surface area contributed by atoms with Gasteiger partial charge in [-0.3, -0.25) is 10.1 Å². The molecule has 1 aromatic heterocycles. The van der Waals surface area contributed by atoms with Gasteiger partial charge in [0.2, 0.25) is 0 Å². The zero-order valence-electron chi connectivity index (χ0n) is 9.93. The van der Waals surface area contributed by atoms with Gasteiger partial charge in [-0.05, 0) is 29.0 Å². The van der Waals surface area contributed by atoms with Crippen molar-refractivity contribution in [3.63, 3.8) is 0 Å². The first kappa shape index (κ1) is 14.1. The number of nitrogens with zero attached hydrogens (tertiary/aromatic N) is 3. The number of hydrogen-bond donors (Lipinski definition) is 0. The van der Waals surface area contributed by atoms with Gasteiger partial charge in [0.05, 0.1) is 14.2 Å². The van der Waals surface area contributed by atoms with Gasteiger partial charge < -0.3 is 0 Å². The van der Waals surface area contributed by atoms with Crippen molar-refractivity contribution in [2.75, 3.05) is 0 Å². The summed E-state index contributed by atoms with van der Waals surface area (Å²) in [7, 11) is 0. The van der Waals surface area contributed by atoms with Crippen LogP contribution in [0.2, 0.25) is 5.15 Å². The Kier molecular flexibility index (Phi) is 4.31. The number of hydrogen-bond acceptors (Lipinski definition) is 4. The minimum atomic E-state index is -0.446. The van der Waals surface area contributed by atoms with E-state index in [9.17, 15) is 10.1 Å². The molecule has 98 valence electrons. The van der Waals surface area contributed by atoms with Crippen molar-refractivity contribution in [3.8, 4) is 11.4 Å². The molecule has 0 radical (unpaired) electrons. The van der Waals surface area contributed by atoms with Gasteiger partial charge in [0, 0.05) is 17.7 Å². The van der Waals surface area contributed by atoms with Crippen LogP contribution in [-0.4, -0.2) is 14.9 Å². The predicted molar refractivity (Wildman–Crippen MR) is 81.2 cm³/mol. The van der Waals surface area contributed by atoms with E-state index >= 15 is 0 Å². The third-order valence-corrected chi connectivity index (χ3v) is 4.26. The Morgan fingerprint density at radius 2 is 2.16 bits per heavy atom. The van der Waals surface area contributed by atoms with Crippen LogP contribution in [0.25, 0.3) is 11.4 Å². The van der Waals surface area contributed by atoms with E-state index in [4.69, 9.17) is 11.6 Å². The Balaban J connectivity index is 2.56. The third-order valence-electron chi connectivity index (χ3n) is 2.53.